The fourth-order valence-corrected chi connectivity index (χ4v) is 4.11. The second-order valence-electron chi connectivity index (χ2n) is 7.06. The maximum absolute atomic E-state index is 12.7. The van der Waals surface area contributed by atoms with Crippen LogP contribution in [0.3, 0.4) is 0 Å². The molecular formula is C24H23NO8S. The number of Topliss-reactive ketones (excluding diaryl/α,β-unsaturated/α-hetero) is 1. The Kier molecular flexibility index (Phi) is 7.85. The number of ketones is 1. The van der Waals surface area contributed by atoms with Gasteiger partial charge in [0.25, 0.3) is 5.91 Å². The molecule has 0 unspecified atom stereocenters. The van der Waals surface area contributed by atoms with E-state index in [4.69, 9.17) is 18.6 Å². The van der Waals surface area contributed by atoms with E-state index in [-0.39, 0.29) is 40.2 Å². The summed E-state index contributed by atoms with van der Waals surface area (Å²) in [5, 5.41) is 2.76. The molecule has 3 aromatic rings. The number of carbonyl (C=O) groups excluding carboxylic acids is 4. The van der Waals surface area contributed by atoms with Crippen molar-refractivity contribution in [3.63, 3.8) is 0 Å². The molecule has 1 amide bonds. The first-order valence-corrected chi connectivity index (χ1v) is 11.1. The van der Waals surface area contributed by atoms with Gasteiger partial charge in [-0.05, 0) is 62.7 Å². The van der Waals surface area contributed by atoms with Crippen molar-refractivity contribution in [3.05, 3.63) is 69.5 Å². The van der Waals surface area contributed by atoms with Crippen LogP contribution in [-0.2, 0) is 16.1 Å². The molecule has 0 aliphatic heterocycles. The number of hydrogen-bond donors (Lipinski definition) is 1. The minimum Gasteiger partial charge on any atom is -0.486 e. The molecule has 0 aliphatic carbocycles. The van der Waals surface area contributed by atoms with Gasteiger partial charge in [-0.1, -0.05) is 0 Å². The second-order valence-corrected chi connectivity index (χ2v) is 8.08. The quantitative estimate of drug-likeness (QED) is 0.343. The van der Waals surface area contributed by atoms with E-state index >= 15 is 0 Å². The Morgan fingerprint density at radius 1 is 1.03 bits per heavy atom. The minimum absolute atomic E-state index is 0.00918. The van der Waals surface area contributed by atoms with E-state index in [9.17, 15) is 19.2 Å². The molecular weight excluding hydrogens is 462 g/mol. The van der Waals surface area contributed by atoms with Crippen LogP contribution in [0, 0.1) is 6.92 Å². The highest BCUT2D eigenvalue weighted by molar-refractivity contribution is 7.18. The summed E-state index contributed by atoms with van der Waals surface area (Å²) in [5.74, 6) is -1.02. The standard InChI is InChI=1S/C24H23NO8S/c1-5-31-24(29)20-13(2)19(23(28)30-4)22(34-20)25-21(27)18-11-10-17(33-18)12-32-16-8-6-15(7-9-16)14(3)26/h6-11H,5,12H2,1-4H3,(H,25,27). The molecule has 1 aromatic carbocycles. The predicted molar refractivity (Wildman–Crippen MR) is 124 cm³/mol. The average Bonchev–Trinajstić information content (AvgIpc) is 3.42. The molecule has 9 nitrogen and oxygen atoms in total. The van der Waals surface area contributed by atoms with Crippen LogP contribution in [0.25, 0.3) is 0 Å². The first kappa shape index (κ1) is 24.7. The minimum atomic E-state index is -0.691. The summed E-state index contributed by atoms with van der Waals surface area (Å²) in [6.07, 6.45) is 0. The number of amides is 1. The molecule has 0 fully saturated rings. The van der Waals surface area contributed by atoms with Gasteiger partial charge in [0, 0.05) is 5.56 Å². The number of esters is 2. The molecule has 0 aliphatic rings. The highest BCUT2D eigenvalue weighted by Crippen LogP contribution is 2.34. The van der Waals surface area contributed by atoms with Gasteiger partial charge in [0.15, 0.2) is 11.5 Å². The SMILES string of the molecule is CCOC(=O)c1sc(NC(=O)c2ccc(COc3ccc(C(C)=O)cc3)o2)c(C(=O)OC)c1C. The largest absolute Gasteiger partial charge is 0.486 e. The smallest absolute Gasteiger partial charge is 0.348 e. The number of carbonyl (C=O) groups is 4. The van der Waals surface area contributed by atoms with E-state index in [1.807, 2.05) is 0 Å². The average molecular weight is 486 g/mol. The summed E-state index contributed by atoms with van der Waals surface area (Å²) in [6, 6.07) is 9.71. The zero-order chi connectivity index (χ0) is 24.8. The van der Waals surface area contributed by atoms with E-state index in [2.05, 4.69) is 5.32 Å². The second kappa shape index (κ2) is 10.8. The van der Waals surface area contributed by atoms with Gasteiger partial charge in [0.05, 0.1) is 19.3 Å². The Balaban J connectivity index is 1.72. The molecule has 1 N–H and O–H groups in total. The lowest BCUT2D eigenvalue weighted by molar-refractivity contribution is 0.0531. The van der Waals surface area contributed by atoms with Gasteiger partial charge in [0.1, 0.15) is 28.0 Å². The summed E-state index contributed by atoms with van der Waals surface area (Å²) < 4.78 is 21.0. The maximum atomic E-state index is 12.7. The highest BCUT2D eigenvalue weighted by atomic mass is 32.1. The van der Waals surface area contributed by atoms with E-state index in [0.717, 1.165) is 11.3 Å². The number of ether oxygens (including phenoxy) is 3. The fourth-order valence-electron chi connectivity index (χ4n) is 3.02. The van der Waals surface area contributed by atoms with Crippen molar-refractivity contribution in [1.29, 1.82) is 0 Å². The molecule has 178 valence electrons. The van der Waals surface area contributed by atoms with Crippen LogP contribution < -0.4 is 10.1 Å². The van der Waals surface area contributed by atoms with Crippen LogP contribution in [0.1, 0.15) is 66.1 Å². The third-order valence-corrected chi connectivity index (χ3v) is 5.94. The number of nitrogens with one attached hydrogen (secondary N) is 1. The first-order valence-electron chi connectivity index (χ1n) is 10.3. The Morgan fingerprint density at radius 2 is 1.74 bits per heavy atom. The lowest BCUT2D eigenvalue weighted by Gasteiger charge is -2.05. The van der Waals surface area contributed by atoms with Crippen molar-refractivity contribution in [3.8, 4) is 5.75 Å². The third kappa shape index (κ3) is 5.52. The van der Waals surface area contributed by atoms with Gasteiger partial charge in [-0.15, -0.1) is 11.3 Å². The third-order valence-electron chi connectivity index (χ3n) is 4.75. The monoisotopic (exact) mass is 485 g/mol. The van der Waals surface area contributed by atoms with E-state index in [1.165, 1.54) is 20.1 Å². The zero-order valence-electron chi connectivity index (χ0n) is 19.1. The predicted octanol–water partition coefficient (Wildman–Crippen LogP) is 4.65. The normalized spacial score (nSPS) is 10.5. The summed E-state index contributed by atoms with van der Waals surface area (Å²) in [4.78, 5) is 48.8. The van der Waals surface area contributed by atoms with Gasteiger partial charge in [0.2, 0.25) is 0 Å². The van der Waals surface area contributed by atoms with Crippen LogP contribution >= 0.6 is 11.3 Å². The van der Waals surface area contributed by atoms with Crippen molar-refractivity contribution in [2.24, 2.45) is 0 Å². The molecule has 0 atom stereocenters. The van der Waals surface area contributed by atoms with Gasteiger partial charge in [-0.2, -0.15) is 0 Å². The van der Waals surface area contributed by atoms with Gasteiger partial charge in [-0.3, -0.25) is 9.59 Å². The summed E-state index contributed by atoms with van der Waals surface area (Å²) in [5.41, 5.74) is 1.01. The Bertz CT molecular complexity index is 1220. The van der Waals surface area contributed by atoms with E-state index in [0.29, 0.717) is 22.6 Å². The molecule has 10 heteroatoms. The summed E-state index contributed by atoms with van der Waals surface area (Å²) >= 11 is 0.921. The highest BCUT2D eigenvalue weighted by Gasteiger charge is 2.27. The molecule has 2 heterocycles. The Hall–Kier alpha value is -3.92. The molecule has 0 bridgehead atoms. The van der Waals surface area contributed by atoms with Gasteiger partial charge >= 0.3 is 11.9 Å². The Labute approximate surface area is 199 Å². The van der Waals surface area contributed by atoms with Crippen LogP contribution in [0.5, 0.6) is 5.75 Å². The molecule has 0 saturated carbocycles. The number of anilines is 1. The van der Waals surface area contributed by atoms with Crippen molar-refractivity contribution < 1.29 is 37.8 Å². The van der Waals surface area contributed by atoms with Crippen molar-refractivity contribution >= 4 is 40.0 Å². The molecule has 0 radical (unpaired) electrons. The zero-order valence-corrected chi connectivity index (χ0v) is 19.9. The number of methoxy groups -OCH3 is 1. The van der Waals surface area contributed by atoms with Crippen molar-refractivity contribution in [1.82, 2.24) is 0 Å². The topological polar surface area (TPSA) is 121 Å². The van der Waals surface area contributed by atoms with E-state index in [1.54, 1.807) is 44.2 Å². The van der Waals surface area contributed by atoms with Crippen molar-refractivity contribution in [2.75, 3.05) is 19.0 Å². The maximum Gasteiger partial charge on any atom is 0.348 e. The summed E-state index contributed by atoms with van der Waals surface area (Å²) in [7, 11) is 1.21. The Morgan fingerprint density at radius 3 is 2.35 bits per heavy atom. The van der Waals surface area contributed by atoms with Crippen LogP contribution in [0.15, 0.2) is 40.8 Å². The molecule has 2 aromatic heterocycles. The lowest BCUT2D eigenvalue weighted by atomic mass is 10.1. The number of hydrogen-bond acceptors (Lipinski definition) is 9. The van der Waals surface area contributed by atoms with Gasteiger partial charge in [-0.25, -0.2) is 9.59 Å². The number of benzene rings is 1. The number of furan rings is 1. The van der Waals surface area contributed by atoms with Crippen molar-refractivity contribution in [2.45, 2.75) is 27.4 Å². The van der Waals surface area contributed by atoms with Gasteiger partial charge < -0.3 is 23.9 Å². The molecule has 0 saturated heterocycles. The van der Waals surface area contributed by atoms with Crippen LogP contribution in [0.4, 0.5) is 5.00 Å². The molecule has 0 spiro atoms. The number of thiophene rings is 1. The lowest BCUT2D eigenvalue weighted by Crippen LogP contribution is -2.13. The molecule has 34 heavy (non-hydrogen) atoms. The molecule has 3 rings (SSSR count). The first-order chi connectivity index (χ1) is 16.2. The van der Waals surface area contributed by atoms with Crippen LogP contribution in [0.2, 0.25) is 0 Å². The number of rotatable bonds is 9. The van der Waals surface area contributed by atoms with Crippen LogP contribution in [-0.4, -0.2) is 37.3 Å². The fraction of sp³-hybridized carbons (Fsp3) is 0.250. The summed E-state index contributed by atoms with van der Waals surface area (Å²) in [6.45, 7) is 4.96. The van der Waals surface area contributed by atoms with E-state index < -0.39 is 17.8 Å².